The van der Waals surface area contributed by atoms with Gasteiger partial charge >= 0.3 is 0 Å². The first-order valence-electron chi connectivity index (χ1n) is 9.51. The Labute approximate surface area is 155 Å². The number of nitrogens with one attached hydrogen (secondary N) is 1. The SMILES string of the molecule is Cc1ccc(-n2nc(CC(C)C)c(C(=O)NCC3CCCO3)c2C)cc1. The molecule has 1 aliphatic rings. The second-order valence-corrected chi connectivity index (χ2v) is 7.60. The van der Waals surface area contributed by atoms with Gasteiger partial charge in [-0.25, -0.2) is 4.68 Å². The van der Waals surface area contributed by atoms with E-state index in [1.165, 1.54) is 5.56 Å². The molecular weight excluding hydrogens is 326 g/mol. The van der Waals surface area contributed by atoms with E-state index in [9.17, 15) is 4.79 Å². The largest absolute Gasteiger partial charge is 0.376 e. The van der Waals surface area contributed by atoms with Crippen LogP contribution in [0, 0.1) is 19.8 Å². The van der Waals surface area contributed by atoms with Gasteiger partial charge in [0.15, 0.2) is 0 Å². The summed E-state index contributed by atoms with van der Waals surface area (Å²) in [5.41, 5.74) is 4.64. The molecule has 0 bridgehead atoms. The van der Waals surface area contributed by atoms with E-state index < -0.39 is 0 Å². The van der Waals surface area contributed by atoms with Gasteiger partial charge in [0.2, 0.25) is 0 Å². The fraction of sp³-hybridized carbons (Fsp3) is 0.524. The molecule has 1 saturated heterocycles. The highest BCUT2D eigenvalue weighted by Gasteiger charge is 2.24. The molecule has 1 unspecified atom stereocenters. The number of aryl methyl sites for hydroxylation is 1. The quantitative estimate of drug-likeness (QED) is 0.861. The molecule has 26 heavy (non-hydrogen) atoms. The molecular formula is C21H29N3O2. The van der Waals surface area contributed by atoms with Gasteiger partial charge in [0.25, 0.3) is 5.91 Å². The third-order valence-corrected chi connectivity index (χ3v) is 4.81. The minimum absolute atomic E-state index is 0.0491. The van der Waals surface area contributed by atoms with Gasteiger partial charge in [0.1, 0.15) is 0 Å². The van der Waals surface area contributed by atoms with Crippen LogP contribution in [0.3, 0.4) is 0 Å². The molecule has 1 N–H and O–H groups in total. The topological polar surface area (TPSA) is 56.2 Å². The first-order valence-corrected chi connectivity index (χ1v) is 9.51. The van der Waals surface area contributed by atoms with Crippen LogP contribution in [0.4, 0.5) is 0 Å². The Bertz CT molecular complexity index is 756. The molecule has 0 radical (unpaired) electrons. The highest BCUT2D eigenvalue weighted by molar-refractivity contribution is 5.96. The van der Waals surface area contributed by atoms with Crippen LogP contribution in [0.2, 0.25) is 0 Å². The molecule has 1 atom stereocenters. The number of nitrogens with zero attached hydrogens (tertiary/aromatic N) is 2. The first kappa shape index (κ1) is 18.6. The van der Waals surface area contributed by atoms with Crippen molar-refractivity contribution in [2.45, 2.75) is 53.1 Å². The molecule has 2 heterocycles. The average molecular weight is 355 g/mol. The fourth-order valence-corrected chi connectivity index (χ4v) is 3.42. The van der Waals surface area contributed by atoms with Crippen molar-refractivity contribution in [2.75, 3.05) is 13.2 Å². The monoisotopic (exact) mass is 355 g/mol. The van der Waals surface area contributed by atoms with Crippen molar-refractivity contribution in [3.05, 3.63) is 46.8 Å². The molecule has 1 fully saturated rings. The zero-order valence-corrected chi connectivity index (χ0v) is 16.2. The number of amides is 1. The minimum atomic E-state index is -0.0491. The third-order valence-electron chi connectivity index (χ3n) is 4.81. The minimum Gasteiger partial charge on any atom is -0.376 e. The van der Waals surface area contributed by atoms with E-state index in [0.29, 0.717) is 18.0 Å². The number of rotatable bonds is 6. The molecule has 1 aromatic carbocycles. The van der Waals surface area contributed by atoms with E-state index in [-0.39, 0.29) is 12.0 Å². The number of aromatic nitrogens is 2. The second kappa shape index (κ2) is 8.04. The summed E-state index contributed by atoms with van der Waals surface area (Å²) < 4.78 is 7.50. The normalized spacial score (nSPS) is 17.0. The van der Waals surface area contributed by atoms with Crippen molar-refractivity contribution >= 4 is 5.91 Å². The Balaban J connectivity index is 1.88. The number of benzene rings is 1. The van der Waals surface area contributed by atoms with Gasteiger partial charge in [-0.3, -0.25) is 4.79 Å². The van der Waals surface area contributed by atoms with E-state index in [1.54, 1.807) is 0 Å². The molecule has 3 rings (SSSR count). The lowest BCUT2D eigenvalue weighted by Crippen LogP contribution is -2.32. The summed E-state index contributed by atoms with van der Waals surface area (Å²) >= 11 is 0. The molecule has 5 nitrogen and oxygen atoms in total. The summed E-state index contributed by atoms with van der Waals surface area (Å²) in [6, 6.07) is 8.22. The molecule has 0 aliphatic carbocycles. The summed E-state index contributed by atoms with van der Waals surface area (Å²) in [7, 11) is 0. The van der Waals surface area contributed by atoms with Crippen LogP contribution >= 0.6 is 0 Å². The highest BCUT2D eigenvalue weighted by atomic mass is 16.5. The van der Waals surface area contributed by atoms with Crippen LogP contribution in [-0.2, 0) is 11.2 Å². The summed E-state index contributed by atoms with van der Waals surface area (Å²) in [6.07, 6.45) is 3.01. The van der Waals surface area contributed by atoms with Crippen molar-refractivity contribution in [3.8, 4) is 5.69 Å². The van der Waals surface area contributed by atoms with Gasteiger partial charge in [-0.15, -0.1) is 0 Å². The van der Waals surface area contributed by atoms with Crippen molar-refractivity contribution in [1.82, 2.24) is 15.1 Å². The van der Waals surface area contributed by atoms with Crippen molar-refractivity contribution in [2.24, 2.45) is 5.92 Å². The third kappa shape index (κ3) is 4.15. The Morgan fingerprint density at radius 3 is 2.65 bits per heavy atom. The fourth-order valence-electron chi connectivity index (χ4n) is 3.42. The predicted molar refractivity (Wildman–Crippen MR) is 103 cm³/mol. The van der Waals surface area contributed by atoms with Crippen molar-refractivity contribution < 1.29 is 9.53 Å². The molecule has 140 valence electrons. The maximum absolute atomic E-state index is 12.9. The maximum Gasteiger partial charge on any atom is 0.255 e. The van der Waals surface area contributed by atoms with E-state index in [2.05, 4.69) is 38.2 Å². The van der Waals surface area contributed by atoms with Gasteiger partial charge in [-0.05, 0) is 51.2 Å². The summed E-state index contributed by atoms with van der Waals surface area (Å²) in [5.74, 6) is 0.382. The second-order valence-electron chi connectivity index (χ2n) is 7.60. The highest BCUT2D eigenvalue weighted by Crippen LogP contribution is 2.21. The van der Waals surface area contributed by atoms with Crippen molar-refractivity contribution in [3.63, 3.8) is 0 Å². The number of carbonyl (C=O) groups excluding carboxylic acids is 1. The maximum atomic E-state index is 12.9. The first-order chi connectivity index (χ1) is 12.5. The Kier molecular flexibility index (Phi) is 5.77. The smallest absolute Gasteiger partial charge is 0.255 e. The summed E-state index contributed by atoms with van der Waals surface area (Å²) in [6.45, 7) is 9.69. The zero-order valence-electron chi connectivity index (χ0n) is 16.2. The summed E-state index contributed by atoms with van der Waals surface area (Å²) in [5, 5.41) is 7.83. The van der Waals surface area contributed by atoms with Crippen LogP contribution in [0.1, 0.15) is 54.0 Å². The van der Waals surface area contributed by atoms with E-state index in [1.807, 2.05) is 23.7 Å². The molecule has 0 spiro atoms. The molecule has 1 aromatic heterocycles. The van der Waals surface area contributed by atoms with Gasteiger partial charge in [0, 0.05) is 13.2 Å². The standard InChI is InChI=1S/C21H29N3O2/c1-14(2)12-19-20(21(25)22-13-18-6-5-11-26-18)16(4)24(23-19)17-9-7-15(3)8-10-17/h7-10,14,18H,5-6,11-13H2,1-4H3,(H,22,25). The van der Waals surface area contributed by atoms with Crippen LogP contribution < -0.4 is 5.32 Å². The lowest BCUT2D eigenvalue weighted by atomic mass is 10.0. The number of hydrogen-bond acceptors (Lipinski definition) is 3. The molecule has 5 heteroatoms. The molecule has 1 aliphatic heterocycles. The molecule has 0 saturated carbocycles. The van der Waals surface area contributed by atoms with Crippen molar-refractivity contribution in [1.29, 1.82) is 0 Å². The zero-order chi connectivity index (χ0) is 18.7. The van der Waals surface area contributed by atoms with Crippen LogP contribution in [0.15, 0.2) is 24.3 Å². The lowest BCUT2D eigenvalue weighted by Gasteiger charge is -2.12. The van der Waals surface area contributed by atoms with Gasteiger partial charge in [-0.2, -0.15) is 5.10 Å². The van der Waals surface area contributed by atoms with Gasteiger partial charge in [-0.1, -0.05) is 31.5 Å². The van der Waals surface area contributed by atoms with Gasteiger partial charge in [0.05, 0.1) is 28.7 Å². The predicted octanol–water partition coefficient (Wildman–Crippen LogP) is 3.60. The van der Waals surface area contributed by atoms with E-state index >= 15 is 0 Å². The van der Waals surface area contributed by atoms with Crippen LogP contribution in [0.5, 0.6) is 0 Å². The number of carbonyl (C=O) groups is 1. The average Bonchev–Trinajstić information content (AvgIpc) is 3.21. The van der Waals surface area contributed by atoms with Crippen LogP contribution in [-0.4, -0.2) is 34.9 Å². The van der Waals surface area contributed by atoms with E-state index in [4.69, 9.17) is 9.84 Å². The lowest BCUT2D eigenvalue weighted by molar-refractivity contribution is 0.0856. The van der Waals surface area contributed by atoms with E-state index in [0.717, 1.165) is 42.9 Å². The molecule has 2 aromatic rings. The Hall–Kier alpha value is -2.14. The Morgan fingerprint density at radius 1 is 1.31 bits per heavy atom. The number of hydrogen-bond donors (Lipinski definition) is 1. The number of ether oxygens (including phenoxy) is 1. The Morgan fingerprint density at radius 2 is 2.04 bits per heavy atom. The van der Waals surface area contributed by atoms with Crippen LogP contribution in [0.25, 0.3) is 5.69 Å². The summed E-state index contributed by atoms with van der Waals surface area (Å²) in [4.78, 5) is 12.9. The van der Waals surface area contributed by atoms with Gasteiger partial charge < -0.3 is 10.1 Å². The molecule has 1 amide bonds.